The average Bonchev–Trinajstić information content (AvgIpc) is 2.94. The maximum atomic E-state index is 10.9. The van der Waals surface area contributed by atoms with Crippen LogP contribution in [-0.4, -0.2) is 11.3 Å². The number of rotatable bonds is 4. The van der Waals surface area contributed by atoms with Gasteiger partial charge >= 0.3 is 0 Å². The maximum Gasteiger partial charge on any atom is 0.150 e. The molecule has 3 rings (SSSR count). The summed E-state index contributed by atoms with van der Waals surface area (Å²) in [5.41, 5.74) is 2.54. The van der Waals surface area contributed by atoms with Crippen LogP contribution < -0.4 is 4.74 Å². The number of carbonyl (C=O) groups excluding carboxylic acids is 1. The highest BCUT2D eigenvalue weighted by Crippen LogP contribution is 2.24. The quantitative estimate of drug-likeness (QED) is 0.720. The Morgan fingerprint density at radius 2 is 1.95 bits per heavy atom. The van der Waals surface area contributed by atoms with Gasteiger partial charge in [0.2, 0.25) is 0 Å². The number of fused-ring (bicyclic) bond motifs is 1. The monoisotopic (exact) mass is 251 g/mol. The first-order chi connectivity index (χ1) is 9.38. The van der Waals surface area contributed by atoms with Crippen molar-refractivity contribution < 1.29 is 9.53 Å². The number of para-hydroxylation sites is 1. The van der Waals surface area contributed by atoms with Crippen LogP contribution in [0.2, 0.25) is 0 Å². The fraction of sp³-hybridized carbons (Fsp3) is 0.0625. The molecule has 0 saturated carbocycles. The van der Waals surface area contributed by atoms with Crippen LogP contribution in [0.4, 0.5) is 0 Å². The molecule has 0 aliphatic rings. The lowest BCUT2D eigenvalue weighted by Crippen LogP contribution is -1.99. The summed E-state index contributed by atoms with van der Waals surface area (Å²) in [7, 11) is 0. The fourth-order valence-corrected chi connectivity index (χ4v) is 2.11. The molecule has 19 heavy (non-hydrogen) atoms. The van der Waals surface area contributed by atoms with Crippen LogP contribution in [0.15, 0.2) is 54.7 Å². The van der Waals surface area contributed by atoms with Crippen molar-refractivity contribution in [3.8, 4) is 5.75 Å². The second-order valence-electron chi connectivity index (χ2n) is 4.30. The summed E-state index contributed by atoms with van der Waals surface area (Å²) in [5, 5.41) is 1.11. The first-order valence-corrected chi connectivity index (χ1v) is 6.10. The summed E-state index contributed by atoms with van der Waals surface area (Å²) in [4.78, 5) is 14.1. The molecule has 94 valence electrons. The van der Waals surface area contributed by atoms with Gasteiger partial charge in [-0.25, -0.2) is 0 Å². The number of aromatic amines is 1. The highest BCUT2D eigenvalue weighted by molar-refractivity contribution is 5.85. The molecule has 1 N–H and O–H groups in total. The normalized spacial score (nSPS) is 10.5. The lowest BCUT2D eigenvalue weighted by atomic mass is 10.1. The van der Waals surface area contributed by atoms with Crippen molar-refractivity contribution in [1.29, 1.82) is 0 Å². The highest BCUT2D eigenvalue weighted by Gasteiger charge is 2.05. The van der Waals surface area contributed by atoms with Crippen LogP contribution in [0.3, 0.4) is 0 Å². The zero-order chi connectivity index (χ0) is 13.1. The minimum atomic E-state index is 0.382. The first kappa shape index (κ1) is 11.5. The van der Waals surface area contributed by atoms with Gasteiger partial charge in [0, 0.05) is 17.1 Å². The Hall–Kier alpha value is -2.55. The van der Waals surface area contributed by atoms with Gasteiger partial charge in [0.05, 0.1) is 5.52 Å². The molecule has 3 aromatic rings. The predicted octanol–water partition coefficient (Wildman–Crippen LogP) is 3.56. The SMILES string of the molecule is O=Cc1ccccc1COc1cccc2cc[nH]c12. The van der Waals surface area contributed by atoms with Gasteiger partial charge < -0.3 is 9.72 Å². The third kappa shape index (κ3) is 2.22. The molecule has 1 aromatic heterocycles. The number of H-pyrrole nitrogens is 1. The van der Waals surface area contributed by atoms with Crippen LogP contribution in [0, 0.1) is 0 Å². The zero-order valence-corrected chi connectivity index (χ0v) is 10.3. The Bertz CT molecular complexity index is 715. The molecule has 0 aliphatic carbocycles. The van der Waals surface area contributed by atoms with Gasteiger partial charge in [-0.2, -0.15) is 0 Å². The third-order valence-corrected chi connectivity index (χ3v) is 3.11. The highest BCUT2D eigenvalue weighted by atomic mass is 16.5. The molecule has 0 unspecified atom stereocenters. The molecule has 0 amide bonds. The van der Waals surface area contributed by atoms with E-state index >= 15 is 0 Å². The molecular weight excluding hydrogens is 238 g/mol. The summed E-state index contributed by atoms with van der Waals surface area (Å²) in [6, 6.07) is 15.3. The van der Waals surface area contributed by atoms with E-state index in [0.29, 0.717) is 12.2 Å². The summed E-state index contributed by atoms with van der Waals surface area (Å²) >= 11 is 0. The molecule has 3 heteroatoms. The second-order valence-corrected chi connectivity index (χ2v) is 4.30. The lowest BCUT2D eigenvalue weighted by Gasteiger charge is -2.09. The molecule has 0 spiro atoms. The van der Waals surface area contributed by atoms with E-state index in [1.165, 1.54) is 0 Å². The van der Waals surface area contributed by atoms with Gasteiger partial charge in [0.15, 0.2) is 0 Å². The van der Waals surface area contributed by atoms with Crippen molar-refractivity contribution in [2.45, 2.75) is 6.61 Å². The molecule has 0 aliphatic heterocycles. The van der Waals surface area contributed by atoms with Crippen LogP contribution in [0.1, 0.15) is 15.9 Å². The van der Waals surface area contributed by atoms with Crippen molar-refractivity contribution in [3.63, 3.8) is 0 Å². The van der Waals surface area contributed by atoms with Crippen molar-refractivity contribution in [2.24, 2.45) is 0 Å². The topological polar surface area (TPSA) is 42.1 Å². The minimum Gasteiger partial charge on any atom is -0.487 e. The average molecular weight is 251 g/mol. The standard InChI is InChI=1S/C16H13NO2/c18-10-13-4-1-2-5-14(13)11-19-15-7-3-6-12-8-9-17-16(12)15/h1-10,17H,11H2. The van der Waals surface area contributed by atoms with Gasteiger partial charge in [-0.15, -0.1) is 0 Å². The van der Waals surface area contributed by atoms with Crippen molar-refractivity contribution in [3.05, 3.63) is 65.9 Å². The lowest BCUT2D eigenvalue weighted by molar-refractivity contribution is 0.112. The Balaban J connectivity index is 1.86. The van der Waals surface area contributed by atoms with E-state index in [4.69, 9.17) is 4.74 Å². The van der Waals surface area contributed by atoms with Crippen LogP contribution in [-0.2, 0) is 6.61 Å². The van der Waals surface area contributed by atoms with E-state index < -0.39 is 0 Å². The third-order valence-electron chi connectivity index (χ3n) is 3.11. The van der Waals surface area contributed by atoms with Gasteiger partial charge in [0.25, 0.3) is 0 Å². The van der Waals surface area contributed by atoms with E-state index in [-0.39, 0.29) is 0 Å². The Kier molecular flexibility index (Phi) is 3.02. The molecule has 0 atom stereocenters. The van der Waals surface area contributed by atoms with Gasteiger partial charge in [-0.1, -0.05) is 36.4 Å². The molecular formula is C16H13NO2. The molecule has 0 saturated heterocycles. The van der Waals surface area contributed by atoms with Crippen LogP contribution >= 0.6 is 0 Å². The number of hydrogen-bond donors (Lipinski definition) is 1. The molecule has 3 nitrogen and oxygen atoms in total. The number of carbonyl (C=O) groups is 1. The summed E-state index contributed by atoms with van der Waals surface area (Å²) in [6.45, 7) is 0.382. The van der Waals surface area contributed by atoms with Gasteiger partial charge in [0.1, 0.15) is 18.6 Å². The van der Waals surface area contributed by atoms with Gasteiger partial charge in [-0.3, -0.25) is 4.79 Å². The Labute approximate surface area is 110 Å². The predicted molar refractivity (Wildman–Crippen MR) is 74.5 cm³/mol. The number of aldehydes is 1. The molecule has 0 bridgehead atoms. The van der Waals surface area contributed by atoms with Crippen LogP contribution in [0.5, 0.6) is 5.75 Å². The number of nitrogens with one attached hydrogen (secondary N) is 1. The summed E-state index contributed by atoms with van der Waals surface area (Å²) < 4.78 is 5.82. The van der Waals surface area contributed by atoms with Crippen molar-refractivity contribution >= 4 is 17.2 Å². The fourth-order valence-electron chi connectivity index (χ4n) is 2.11. The zero-order valence-electron chi connectivity index (χ0n) is 10.3. The first-order valence-electron chi connectivity index (χ1n) is 6.10. The van der Waals surface area contributed by atoms with E-state index in [2.05, 4.69) is 4.98 Å². The number of hydrogen-bond acceptors (Lipinski definition) is 2. The van der Waals surface area contributed by atoms with E-state index in [1.54, 1.807) is 6.07 Å². The second kappa shape index (κ2) is 4.98. The van der Waals surface area contributed by atoms with E-state index in [9.17, 15) is 4.79 Å². The molecule has 0 fully saturated rings. The Morgan fingerprint density at radius 1 is 1.05 bits per heavy atom. The number of ether oxygens (including phenoxy) is 1. The minimum absolute atomic E-state index is 0.382. The number of aromatic nitrogens is 1. The summed E-state index contributed by atoms with van der Waals surface area (Å²) in [5.74, 6) is 0.795. The van der Waals surface area contributed by atoms with Crippen molar-refractivity contribution in [1.82, 2.24) is 4.98 Å². The van der Waals surface area contributed by atoms with Crippen molar-refractivity contribution in [2.75, 3.05) is 0 Å². The summed E-state index contributed by atoms with van der Waals surface area (Å²) in [6.07, 6.45) is 2.74. The largest absolute Gasteiger partial charge is 0.487 e. The van der Waals surface area contributed by atoms with Crippen LogP contribution in [0.25, 0.3) is 10.9 Å². The van der Waals surface area contributed by atoms with E-state index in [1.807, 2.05) is 48.7 Å². The smallest absolute Gasteiger partial charge is 0.150 e. The molecule has 0 radical (unpaired) electrons. The maximum absolute atomic E-state index is 10.9. The molecule has 1 heterocycles. The molecule has 2 aromatic carbocycles. The Morgan fingerprint density at radius 3 is 2.84 bits per heavy atom. The van der Waals surface area contributed by atoms with E-state index in [0.717, 1.165) is 28.5 Å². The van der Waals surface area contributed by atoms with Gasteiger partial charge in [-0.05, 0) is 17.7 Å². The number of benzene rings is 2.